The lowest BCUT2D eigenvalue weighted by Gasteiger charge is -2.25. The zero-order valence-corrected chi connectivity index (χ0v) is 14.3. The Morgan fingerprint density at radius 2 is 2.09 bits per heavy atom. The third-order valence-corrected chi connectivity index (χ3v) is 7.19. The minimum atomic E-state index is -3.40. The van der Waals surface area contributed by atoms with Crippen LogP contribution in [0.25, 0.3) is 10.6 Å². The van der Waals surface area contributed by atoms with E-state index in [1.165, 1.54) is 17.8 Å². The monoisotopic (exact) mass is 349 g/mol. The van der Waals surface area contributed by atoms with Gasteiger partial charge in [-0.15, -0.1) is 11.3 Å². The maximum Gasteiger partial charge on any atom is 0.280 e. The van der Waals surface area contributed by atoms with Crippen LogP contribution in [0.4, 0.5) is 0 Å². The molecule has 1 N–H and O–H groups in total. The molecular formula is C16H19N3O2S2. The van der Waals surface area contributed by atoms with Crippen molar-refractivity contribution >= 4 is 21.5 Å². The van der Waals surface area contributed by atoms with Crippen LogP contribution in [0.2, 0.25) is 0 Å². The van der Waals surface area contributed by atoms with Crippen molar-refractivity contribution in [2.75, 3.05) is 6.54 Å². The number of fused-ring (bicyclic) bond motifs is 2. The van der Waals surface area contributed by atoms with Gasteiger partial charge in [0.05, 0.1) is 12.2 Å². The fraction of sp³-hybridized carbons (Fsp3) is 0.438. The molecule has 1 aliphatic heterocycles. The zero-order chi connectivity index (χ0) is 15.9. The fourth-order valence-corrected chi connectivity index (χ4v) is 5.84. The summed E-state index contributed by atoms with van der Waals surface area (Å²) in [5, 5.41) is 2.83. The number of nitrogens with one attached hydrogen (secondary N) is 1. The van der Waals surface area contributed by atoms with Crippen LogP contribution in [0.1, 0.15) is 25.0 Å². The molecule has 0 spiro atoms. The number of aromatic nitrogens is 1. The molecule has 5 nitrogen and oxygen atoms in total. The van der Waals surface area contributed by atoms with E-state index in [0.717, 1.165) is 29.1 Å². The summed E-state index contributed by atoms with van der Waals surface area (Å²) in [5.74, 6) is 0.556. The summed E-state index contributed by atoms with van der Waals surface area (Å²) in [4.78, 5) is 4.53. The van der Waals surface area contributed by atoms with Gasteiger partial charge in [0.2, 0.25) is 0 Å². The van der Waals surface area contributed by atoms with Gasteiger partial charge in [-0.1, -0.05) is 30.3 Å². The van der Waals surface area contributed by atoms with Crippen LogP contribution >= 0.6 is 11.3 Å². The Hall–Kier alpha value is -1.28. The molecule has 2 atom stereocenters. The summed E-state index contributed by atoms with van der Waals surface area (Å²) < 4.78 is 29.3. The largest absolute Gasteiger partial charge is 0.280 e. The number of hydrogen-bond donors (Lipinski definition) is 1. The highest BCUT2D eigenvalue weighted by atomic mass is 32.2. The third-order valence-electron chi connectivity index (χ3n) is 4.68. The van der Waals surface area contributed by atoms with Crippen LogP contribution < -0.4 is 4.72 Å². The molecule has 0 amide bonds. The number of benzene rings is 1. The minimum absolute atomic E-state index is 0.202. The van der Waals surface area contributed by atoms with Crippen LogP contribution in [0, 0.1) is 5.92 Å². The normalized spacial score (nSPS) is 24.3. The highest BCUT2D eigenvalue weighted by molar-refractivity contribution is 7.87. The zero-order valence-electron chi connectivity index (χ0n) is 12.7. The van der Waals surface area contributed by atoms with Gasteiger partial charge in [-0.3, -0.25) is 0 Å². The summed E-state index contributed by atoms with van der Waals surface area (Å²) >= 11 is 1.54. The van der Waals surface area contributed by atoms with Gasteiger partial charge in [-0.2, -0.15) is 17.4 Å². The van der Waals surface area contributed by atoms with Crippen molar-refractivity contribution in [2.45, 2.75) is 31.8 Å². The molecule has 122 valence electrons. The minimum Gasteiger partial charge on any atom is -0.240 e. The van der Waals surface area contributed by atoms with Crippen molar-refractivity contribution < 1.29 is 8.42 Å². The van der Waals surface area contributed by atoms with Gasteiger partial charge in [0, 0.05) is 23.5 Å². The van der Waals surface area contributed by atoms with Gasteiger partial charge in [0.1, 0.15) is 5.01 Å². The van der Waals surface area contributed by atoms with E-state index in [9.17, 15) is 8.42 Å². The maximum atomic E-state index is 12.5. The standard InChI is InChI=1S/C16H19N3O2S2/c20-23(21,19-10-12-6-7-15(19)8-12)17-9-14-11-22-16(18-14)13-4-2-1-3-5-13/h1-5,11-12,15,17H,6-10H2. The number of piperidine rings is 1. The molecule has 0 radical (unpaired) electrons. The van der Waals surface area contributed by atoms with Crippen molar-refractivity contribution in [2.24, 2.45) is 5.92 Å². The van der Waals surface area contributed by atoms with E-state index in [0.29, 0.717) is 12.5 Å². The van der Waals surface area contributed by atoms with Crippen molar-refractivity contribution in [3.8, 4) is 10.6 Å². The number of hydrogen-bond acceptors (Lipinski definition) is 4. The SMILES string of the molecule is O=S(=O)(NCc1csc(-c2ccccc2)n1)N1CC2CCC1C2. The molecule has 4 rings (SSSR count). The maximum absolute atomic E-state index is 12.5. The Morgan fingerprint density at radius 1 is 1.26 bits per heavy atom. The van der Waals surface area contributed by atoms with Crippen molar-refractivity contribution in [1.82, 2.24) is 14.0 Å². The van der Waals surface area contributed by atoms with Gasteiger partial charge in [-0.25, -0.2) is 4.98 Å². The summed E-state index contributed by atoms with van der Waals surface area (Å²) in [6.45, 7) is 0.923. The van der Waals surface area contributed by atoms with Crippen LogP contribution in [-0.4, -0.2) is 30.3 Å². The van der Waals surface area contributed by atoms with E-state index in [1.807, 2.05) is 35.7 Å². The molecule has 2 fully saturated rings. The van der Waals surface area contributed by atoms with Crippen LogP contribution in [0.3, 0.4) is 0 Å². The van der Waals surface area contributed by atoms with Gasteiger partial charge < -0.3 is 0 Å². The molecule has 23 heavy (non-hydrogen) atoms. The number of nitrogens with zero attached hydrogens (tertiary/aromatic N) is 2. The smallest absolute Gasteiger partial charge is 0.240 e. The summed E-state index contributed by atoms with van der Waals surface area (Å²) in [7, 11) is -3.40. The molecule has 2 aromatic rings. The Labute approximate surface area is 140 Å². The number of rotatable bonds is 5. The summed E-state index contributed by atoms with van der Waals surface area (Å²) in [6.07, 6.45) is 3.19. The lowest BCUT2D eigenvalue weighted by Crippen LogP contribution is -2.44. The van der Waals surface area contributed by atoms with E-state index in [4.69, 9.17) is 0 Å². The van der Waals surface area contributed by atoms with Crippen LogP contribution in [-0.2, 0) is 16.8 Å². The summed E-state index contributed by atoms with van der Waals surface area (Å²) in [6, 6.07) is 10.1. The molecule has 1 aromatic carbocycles. The lowest BCUT2D eigenvalue weighted by atomic mass is 10.1. The van der Waals surface area contributed by atoms with E-state index in [1.54, 1.807) is 4.31 Å². The van der Waals surface area contributed by atoms with Crippen LogP contribution in [0.5, 0.6) is 0 Å². The average molecular weight is 349 g/mol. The van der Waals surface area contributed by atoms with E-state index in [2.05, 4.69) is 9.71 Å². The fourth-order valence-electron chi connectivity index (χ4n) is 3.52. The summed E-state index contributed by atoms with van der Waals surface area (Å²) in [5.41, 5.74) is 1.82. The van der Waals surface area contributed by atoms with Crippen molar-refractivity contribution in [1.29, 1.82) is 0 Å². The predicted octanol–water partition coefficient (Wildman–Crippen LogP) is 2.63. The second-order valence-electron chi connectivity index (χ2n) is 6.24. The third kappa shape index (κ3) is 3.06. The Kier molecular flexibility index (Phi) is 3.96. The number of thiazole rings is 1. The topological polar surface area (TPSA) is 62.3 Å². The van der Waals surface area contributed by atoms with Gasteiger partial charge in [0.15, 0.2) is 0 Å². The van der Waals surface area contributed by atoms with E-state index < -0.39 is 10.2 Å². The van der Waals surface area contributed by atoms with Gasteiger partial charge >= 0.3 is 0 Å². The first kappa shape index (κ1) is 15.3. The molecule has 2 aliphatic rings. The lowest BCUT2D eigenvalue weighted by molar-refractivity contribution is 0.328. The Morgan fingerprint density at radius 3 is 2.78 bits per heavy atom. The second kappa shape index (κ2) is 5.98. The first-order chi connectivity index (χ1) is 11.1. The van der Waals surface area contributed by atoms with Crippen molar-refractivity contribution in [3.63, 3.8) is 0 Å². The molecular weight excluding hydrogens is 330 g/mol. The first-order valence-electron chi connectivity index (χ1n) is 7.88. The van der Waals surface area contributed by atoms with Gasteiger partial charge in [-0.05, 0) is 25.2 Å². The molecule has 2 bridgehead atoms. The Bertz CT molecular complexity index is 789. The predicted molar refractivity (Wildman–Crippen MR) is 91.1 cm³/mol. The van der Waals surface area contributed by atoms with Gasteiger partial charge in [0.25, 0.3) is 10.2 Å². The highest BCUT2D eigenvalue weighted by Gasteiger charge is 2.43. The average Bonchev–Trinajstić information content (AvgIpc) is 3.30. The molecule has 1 aliphatic carbocycles. The van der Waals surface area contributed by atoms with E-state index in [-0.39, 0.29) is 12.6 Å². The second-order valence-corrected chi connectivity index (χ2v) is 8.80. The first-order valence-corrected chi connectivity index (χ1v) is 10.2. The molecule has 1 aromatic heterocycles. The molecule has 1 saturated carbocycles. The molecule has 1 saturated heterocycles. The van der Waals surface area contributed by atoms with Crippen LogP contribution in [0.15, 0.2) is 35.7 Å². The quantitative estimate of drug-likeness (QED) is 0.903. The van der Waals surface area contributed by atoms with E-state index >= 15 is 0 Å². The molecule has 2 heterocycles. The Balaban J connectivity index is 1.42. The highest BCUT2D eigenvalue weighted by Crippen LogP contribution is 2.38. The molecule has 2 unspecified atom stereocenters. The molecule has 7 heteroatoms. The van der Waals surface area contributed by atoms with Crippen molar-refractivity contribution in [3.05, 3.63) is 41.4 Å².